The predicted molar refractivity (Wildman–Crippen MR) is 200 cm³/mol. The van der Waals surface area contributed by atoms with Crippen molar-refractivity contribution in [3.8, 4) is 22.3 Å². The van der Waals surface area contributed by atoms with Gasteiger partial charge >= 0.3 is 0 Å². The molecule has 10 aromatic rings. The van der Waals surface area contributed by atoms with Crippen LogP contribution < -0.4 is 0 Å². The topological polar surface area (TPSA) is 13.1 Å². The van der Waals surface area contributed by atoms with E-state index in [-0.39, 0.29) is 0 Å². The molecule has 0 fully saturated rings. The standard InChI is InChI=1S/C44H25BrO/c45-44-36-19-9-7-17-34(36)43(35-18-8-10-20-37(35)44)42-32-15-5-3-13-30(32)41(31-14-4-6-16-33(31)42)28-21-22-29-38-23-26-11-1-2-12-27(26)24-40(38)46-39(29)25-28/h1-25H. The lowest BCUT2D eigenvalue weighted by Crippen LogP contribution is -1.93. The molecule has 0 spiro atoms. The van der Waals surface area contributed by atoms with E-state index in [0.717, 1.165) is 32.0 Å². The maximum absolute atomic E-state index is 6.54. The number of furan rings is 1. The van der Waals surface area contributed by atoms with Gasteiger partial charge in [-0.1, -0.05) is 127 Å². The third kappa shape index (κ3) is 3.62. The Labute approximate surface area is 273 Å². The smallest absolute Gasteiger partial charge is 0.136 e. The second kappa shape index (κ2) is 9.78. The monoisotopic (exact) mass is 648 g/mol. The minimum Gasteiger partial charge on any atom is -0.456 e. The molecule has 0 unspecified atom stereocenters. The van der Waals surface area contributed by atoms with Gasteiger partial charge in [0.1, 0.15) is 11.2 Å². The van der Waals surface area contributed by atoms with Gasteiger partial charge in [0.25, 0.3) is 0 Å². The average Bonchev–Trinajstić information content (AvgIpc) is 3.46. The van der Waals surface area contributed by atoms with Crippen LogP contribution in [0.4, 0.5) is 0 Å². The number of fused-ring (bicyclic) bond motifs is 8. The predicted octanol–water partition coefficient (Wildman–Crippen LogP) is 13.4. The summed E-state index contributed by atoms with van der Waals surface area (Å²) in [4.78, 5) is 0. The maximum Gasteiger partial charge on any atom is 0.136 e. The zero-order chi connectivity index (χ0) is 30.4. The van der Waals surface area contributed by atoms with Gasteiger partial charge in [-0.05, 0) is 116 Å². The van der Waals surface area contributed by atoms with Gasteiger partial charge < -0.3 is 4.42 Å². The van der Waals surface area contributed by atoms with Gasteiger partial charge in [0.15, 0.2) is 0 Å². The summed E-state index contributed by atoms with van der Waals surface area (Å²) >= 11 is 3.97. The fourth-order valence-corrected chi connectivity index (χ4v) is 8.36. The van der Waals surface area contributed by atoms with Gasteiger partial charge in [-0.25, -0.2) is 0 Å². The van der Waals surface area contributed by atoms with Crippen molar-refractivity contribution in [3.63, 3.8) is 0 Å². The minimum atomic E-state index is 0.907. The van der Waals surface area contributed by atoms with Crippen LogP contribution in [0, 0.1) is 0 Å². The molecule has 9 aromatic carbocycles. The molecule has 0 bridgehead atoms. The number of hydrogen-bond donors (Lipinski definition) is 0. The minimum absolute atomic E-state index is 0.907. The molecule has 0 aliphatic carbocycles. The Kier molecular flexibility index (Phi) is 5.49. The first-order chi connectivity index (χ1) is 22.7. The lowest BCUT2D eigenvalue weighted by molar-refractivity contribution is 0.669. The second-order valence-electron chi connectivity index (χ2n) is 12.1. The Morgan fingerprint density at radius 2 is 0.739 bits per heavy atom. The summed E-state index contributed by atoms with van der Waals surface area (Å²) in [6.45, 7) is 0. The molecular formula is C44H25BrO. The third-order valence-electron chi connectivity index (χ3n) is 9.68. The average molecular weight is 650 g/mol. The summed E-state index contributed by atoms with van der Waals surface area (Å²) in [6, 6.07) is 54.9. The van der Waals surface area contributed by atoms with Gasteiger partial charge in [0.05, 0.1) is 0 Å². The van der Waals surface area contributed by atoms with Crippen LogP contribution in [-0.4, -0.2) is 0 Å². The highest BCUT2D eigenvalue weighted by Gasteiger charge is 2.21. The molecule has 0 saturated heterocycles. The lowest BCUT2D eigenvalue weighted by Gasteiger charge is -2.21. The molecule has 1 nitrogen and oxygen atoms in total. The number of benzene rings is 9. The molecule has 0 saturated carbocycles. The van der Waals surface area contributed by atoms with E-state index in [1.54, 1.807) is 0 Å². The summed E-state index contributed by atoms with van der Waals surface area (Å²) in [6.07, 6.45) is 0. The first kappa shape index (κ1) is 25.8. The van der Waals surface area contributed by atoms with Gasteiger partial charge in [-0.3, -0.25) is 0 Å². The summed E-state index contributed by atoms with van der Waals surface area (Å²) in [7, 11) is 0. The summed E-state index contributed by atoms with van der Waals surface area (Å²) in [5.41, 5.74) is 6.75. The van der Waals surface area contributed by atoms with E-state index in [0.29, 0.717) is 0 Å². The zero-order valence-corrected chi connectivity index (χ0v) is 26.3. The Hall–Kier alpha value is -5.44. The van der Waals surface area contributed by atoms with E-state index in [1.165, 1.54) is 70.6 Å². The highest BCUT2D eigenvalue weighted by Crippen LogP contribution is 2.49. The van der Waals surface area contributed by atoms with E-state index in [1.807, 2.05) is 0 Å². The number of rotatable bonds is 2. The molecule has 1 heterocycles. The Morgan fingerprint density at radius 3 is 1.28 bits per heavy atom. The SMILES string of the molecule is Brc1c2ccccc2c(-c2c3ccccc3c(-c3ccc4c(c3)oc3cc5ccccc5cc34)c3ccccc23)c2ccccc12. The van der Waals surface area contributed by atoms with E-state index >= 15 is 0 Å². The van der Waals surface area contributed by atoms with Crippen LogP contribution in [0.15, 0.2) is 161 Å². The highest BCUT2D eigenvalue weighted by atomic mass is 79.9. The number of hydrogen-bond acceptors (Lipinski definition) is 1. The Bertz CT molecular complexity index is 2760. The molecule has 0 aliphatic heterocycles. The molecule has 2 heteroatoms. The van der Waals surface area contributed by atoms with Crippen molar-refractivity contribution in [1.82, 2.24) is 0 Å². The molecular weight excluding hydrogens is 624 g/mol. The van der Waals surface area contributed by atoms with E-state index in [4.69, 9.17) is 4.42 Å². The summed E-state index contributed by atoms with van der Waals surface area (Å²) < 4.78 is 7.68. The summed E-state index contributed by atoms with van der Waals surface area (Å²) in [5.74, 6) is 0. The third-order valence-corrected chi connectivity index (χ3v) is 10.5. The van der Waals surface area contributed by atoms with Crippen LogP contribution in [0.5, 0.6) is 0 Å². The zero-order valence-electron chi connectivity index (χ0n) is 24.7. The fraction of sp³-hybridized carbons (Fsp3) is 0. The van der Waals surface area contributed by atoms with Crippen molar-refractivity contribution in [3.05, 3.63) is 156 Å². The number of halogens is 1. The molecule has 1 aromatic heterocycles. The first-order valence-electron chi connectivity index (χ1n) is 15.6. The van der Waals surface area contributed by atoms with Crippen LogP contribution in [-0.2, 0) is 0 Å². The molecule has 10 rings (SSSR count). The molecule has 0 amide bonds. The highest BCUT2D eigenvalue weighted by molar-refractivity contribution is 9.10. The van der Waals surface area contributed by atoms with Crippen LogP contribution in [0.25, 0.3) is 98.1 Å². The van der Waals surface area contributed by atoms with Crippen LogP contribution in [0.1, 0.15) is 0 Å². The largest absolute Gasteiger partial charge is 0.456 e. The second-order valence-corrected chi connectivity index (χ2v) is 12.9. The molecule has 0 aliphatic rings. The van der Waals surface area contributed by atoms with E-state index in [2.05, 4.69) is 168 Å². The van der Waals surface area contributed by atoms with Gasteiger partial charge in [0.2, 0.25) is 0 Å². The molecule has 46 heavy (non-hydrogen) atoms. The molecule has 0 radical (unpaired) electrons. The van der Waals surface area contributed by atoms with E-state index in [9.17, 15) is 0 Å². The van der Waals surface area contributed by atoms with Crippen LogP contribution in [0.2, 0.25) is 0 Å². The normalized spacial score (nSPS) is 12.0. The van der Waals surface area contributed by atoms with E-state index < -0.39 is 0 Å². The van der Waals surface area contributed by atoms with Gasteiger partial charge in [0, 0.05) is 15.2 Å². The first-order valence-corrected chi connectivity index (χ1v) is 16.4. The molecule has 0 atom stereocenters. The fourth-order valence-electron chi connectivity index (χ4n) is 7.67. The van der Waals surface area contributed by atoms with Crippen LogP contribution >= 0.6 is 15.9 Å². The Balaban J connectivity index is 1.32. The van der Waals surface area contributed by atoms with Crippen molar-refractivity contribution < 1.29 is 4.42 Å². The van der Waals surface area contributed by atoms with Crippen molar-refractivity contribution in [2.75, 3.05) is 0 Å². The Morgan fingerprint density at radius 1 is 0.326 bits per heavy atom. The molecule has 0 N–H and O–H groups in total. The van der Waals surface area contributed by atoms with Crippen molar-refractivity contribution in [2.45, 2.75) is 0 Å². The maximum atomic E-state index is 6.54. The quantitative estimate of drug-likeness (QED) is 0.170. The lowest BCUT2D eigenvalue weighted by atomic mass is 9.83. The van der Waals surface area contributed by atoms with Gasteiger partial charge in [-0.15, -0.1) is 0 Å². The van der Waals surface area contributed by atoms with Crippen molar-refractivity contribution in [2.24, 2.45) is 0 Å². The summed E-state index contributed by atoms with van der Waals surface area (Å²) in [5, 5.41) is 14.6. The molecule has 214 valence electrons. The van der Waals surface area contributed by atoms with Crippen molar-refractivity contribution >= 4 is 91.7 Å². The van der Waals surface area contributed by atoms with Crippen molar-refractivity contribution in [1.29, 1.82) is 0 Å². The van der Waals surface area contributed by atoms with Crippen LogP contribution in [0.3, 0.4) is 0 Å². The van der Waals surface area contributed by atoms with Gasteiger partial charge in [-0.2, -0.15) is 0 Å².